The van der Waals surface area contributed by atoms with Gasteiger partial charge >= 0.3 is 0 Å². The second-order valence-corrected chi connectivity index (χ2v) is 8.96. The first-order valence-corrected chi connectivity index (χ1v) is 11.7. The Labute approximate surface area is 204 Å². The second kappa shape index (κ2) is 8.21. The number of aliphatic hydroxyl groups excluding tert-OH is 1. The largest absolute Gasteiger partial charge is 0.374 e. The van der Waals surface area contributed by atoms with Gasteiger partial charge in [-0.1, -0.05) is 6.07 Å². The highest BCUT2D eigenvalue weighted by Gasteiger charge is 2.29. The molecule has 1 atom stereocenters. The first kappa shape index (κ1) is 20.7. The summed E-state index contributed by atoms with van der Waals surface area (Å²) in [5, 5.41) is 21.7. The molecule has 0 radical (unpaired) electrons. The van der Waals surface area contributed by atoms with E-state index in [-0.39, 0.29) is 0 Å². The molecular formula is C26H21N9O. The third-order valence-corrected chi connectivity index (χ3v) is 6.43. The Morgan fingerprint density at radius 2 is 1.86 bits per heavy atom. The lowest BCUT2D eigenvalue weighted by Crippen LogP contribution is -2.20. The number of imidazole rings is 1. The van der Waals surface area contributed by atoms with Crippen LogP contribution in [0.25, 0.3) is 56.0 Å². The number of rotatable bonds is 6. The summed E-state index contributed by atoms with van der Waals surface area (Å²) in [5.41, 5.74) is 7.07. The molecule has 36 heavy (non-hydrogen) atoms. The van der Waals surface area contributed by atoms with Crippen LogP contribution in [0.2, 0.25) is 0 Å². The van der Waals surface area contributed by atoms with Crippen LogP contribution < -0.4 is 5.32 Å². The lowest BCUT2D eigenvalue weighted by atomic mass is 10.1. The van der Waals surface area contributed by atoms with Gasteiger partial charge in [0.2, 0.25) is 0 Å². The number of pyridine rings is 4. The maximum Gasteiger partial charge on any atom is 0.159 e. The number of fused-ring (bicyclic) bond motifs is 2. The van der Waals surface area contributed by atoms with Gasteiger partial charge in [-0.2, -0.15) is 5.10 Å². The molecule has 0 aliphatic heterocycles. The van der Waals surface area contributed by atoms with Crippen molar-refractivity contribution in [1.29, 1.82) is 0 Å². The van der Waals surface area contributed by atoms with Crippen molar-refractivity contribution in [3.05, 3.63) is 67.5 Å². The summed E-state index contributed by atoms with van der Waals surface area (Å²) in [5.74, 6) is 0.929. The molecule has 10 heteroatoms. The number of nitrogens with one attached hydrogen (secondary N) is 3. The fourth-order valence-corrected chi connectivity index (χ4v) is 4.37. The van der Waals surface area contributed by atoms with E-state index < -0.39 is 6.23 Å². The quantitative estimate of drug-likeness (QED) is 0.263. The molecule has 0 amide bonds. The van der Waals surface area contributed by atoms with E-state index in [1.54, 1.807) is 37.2 Å². The molecule has 6 aromatic rings. The molecule has 1 aliphatic carbocycles. The van der Waals surface area contributed by atoms with E-state index in [0.29, 0.717) is 23.1 Å². The number of aliphatic hydroxyl groups is 1. The third-order valence-electron chi connectivity index (χ3n) is 6.43. The molecule has 176 valence electrons. The first-order chi connectivity index (χ1) is 17.7. The van der Waals surface area contributed by atoms with Gasteiger partial charge in [-0.05, 0) is 37.1 Å². The minimum Gasteiger partial charge on any atom is -0.374 e. The Morgan fingerprint density at radius 3 is 2.72 bits per heavy atom. The van der Waals surface area contributed by atoms with Crippen molar-refractivity contribution >= 4 is 27.8 Å². The zero-order valence-electron chi connectivity index (χ0n) is 19.1. The topological polar surface area (TPSA) is 141 Å². The molecule has 4 N–H and O–H groups in total. The van der Waals surface area contributed by atoms with Crippen LogP contribution in [0, 0.1) is 5.92 Å². The Morgan fingerprint density at radius 1 is 0.972 bits per heavy atom. The smallest absolute Gasteiger partial charge is 0.159 e. The van der Waals surface area contributed by atoms with Crippen LogP contribution in [-0.4, -0.2) is 51.4 Å². The highest BCUT2D eigenvalue weighted by molar-refractivity contribution is 5.96. The van der Waals surface area contributed by atoms with Gasteiger partial charge in [0.1, 0.15) is 17.4 Å². The summed E-state index contributed by atoms with van der Waals surface area (Å²) in [6.45, 7) is 0. The van der Waals surface area contributed by atoms with Crippen molar-refractivity contribution in [2.45, 2.75) is 19.1 Å². The Kier molecular flexibility index (Phi) is 4.71. The van der Waals surface area contributed by atoms with Crippen LogP contribution in [-0.2, 0) is 0 Å². The number of H-pyrrole nitrogens is 2. The van der Waals surface area contributed by atoms with Gasteiger partial charge < -0.3 is 15.4 Å². The van der Waals surface area contributed by atoms with Crippen LogP contribution in [0.4, 0.5) is 5.69 Å². The normalized spacial score (nSPS) is 14.4. The molecule has 7 rings (SSSR count). The lowest BCUT2D eigenvalue weighted by Gasteiger charge is -2.13. The molecule has 0 bridgehead atoms. The molecule has 10 nitrogen and oxygen atoms in total. The number of hydrogen-bond acceptors (Lipinski definition) is 8. The lowest BCUT2D eigenvalue weighted by molar-refractivity contribution is 0.180. The summed E-state index contributed by atoms with van der Waals surface area (Å²) in [7, 11) is 0. The first-order valence-electron chi connectivity index (χ1n) is 11.7. The number of nitrogens with zero attached hydrogens (tertiary/aromatic N) is 6. The van der Waals surface area contributed by atoms with E-state index in [0.717, 1.165) is 57.3 Å². The molecule has 1 fully saturated rings. The minimum atomic E-state index is -0.554. The van der Waals surface area contributed by atoms with Gasteiger partial charge in [-0.3, -0.25) is 20.1 Å². The molecule has 1 saturated carbocycles. The van der Waals surface area contributed by atoms with Crippen molar-refractivity contribution in [3.8, 4) is 33.9 Å². The van der Waals surface area contributed by atoms with Crippen LogP contribution in [0.15, 0.2) is 67.5 Å². The molecule has 6 aromatic heterocycles. The van der Waals surface area contributed by atoms with Crippen LogP contribution >= 0.6 is 0 Å². The van der Waals surface area contributed by atoms with Crippen molar-refractivity contribution in [2.24, 2.45) is 5.92 Å². The number of aromatic amines is 2. The van der Waals surface area contributed by atoms with Crippen molar-refractivity contribution in [3.63, 3.8) is 0 Å². The SMILES string of the molecule is OC(Nc1cncc(-c2cnc3[nH]nc(-c4nc5c(-c6ccccn6)cncc5[nH]4)c3c2)c1)C1CC1. The van der Waals surface area contributed by atoms with E-state index in [4.69, 9.17) is 4.98 Å². The summed E-state index contributed by atoms with van der Waals surface area (Å²) in [6.07, 6.45) is 12.1. The average molecular weight is 476 g/mol. The maximum absolute atomic E-state index is 10.2. The van der Waals surface area contributed by atoms with E-state index in [1.807, 2.05) is 30.3 Å². The van der Waals surface area contributed by atoms with E-state index >= 15 is 0 Å². The molecule has 0 aromatic carbocycles. The van der Waals surface area contributed by atoms with Crippen molar-refractivity contribution < 1.29 is 5.11 Å². The van der Waals surface area contributed by atoms with E-state index in [1.165, 1.54) is 0 Å². The standard InChI is InChI=1S/C26H21N9O/c36-26(14-4-5-14)31-17-7-15(9-27-11-17)16-8-18-23(34-35-24(18)30-10-16)25-32-21-13-28-12-19(22(21)33-25)20-3-1-2-6-29-20/h1-3,6-14,26,31,36H,4-5H2,(H,32,33)(H,30,34,35). The van der Waals surface area contributed by atoms with Gasteiger partial charge in [0, 0.05) is 47.4 Å². The minimum absolute atomic E-state index is 0.317. The number of hydrogen-bond donors (Lipinski definition) is 4. The zero-order chi connectivity index (χ0) is 24.1. The average Bonchev–Trinajstić information content (AvgIpc) is 3.55. The Bertz CT molecular complexity index is 1710. The molecular weight excluding hydrogens is 454 g/mol. The molecule has 0 saturated heterocycles. The molecule has 1 unspecified atom stereocenters. The Hall–Kier alpha value is -4.70. The van der Waals surface area contributed by atoms with Gasteiger partial charge in [-0.15, -0.1) is 0 Å². The van der Waals surface area contributed by atoms with E-state index in [2.05, 4.69) is 40.4 Å². The van der Waals surface area contributed by atoms with Gasteiger partial charge in [0.05, 0.1) is 34.7 Å². The van der Waals surface area contributed by atoms with Crippen LogP contribution in [0.5, 0.6) is 0 Å². The highest BCUT2D eigenvalue weighted by atomic mass is 16.3. The Balaban J connectivity index is 1.28. The summed E-state index contributed by atoms with van der Waals surface area (Å²) >= 11 is 0. The fraction of sp³-hybridized carbons (Fsp3) is 0.154. The number of anilines is 1. The molecule has 6 heterocycles. The summed E-state index contributed by atoms with van der Waals surface area (Å²) < 4.78 is 0. The second-order valence-electron chi connectivity index (χ2n) is 8.96. The molecule has 0 spiro atoms. The van der Waals surface area contributed by atoms with Gasteiger partial charge in [-0.25, -0.2) is 9.97 Å². The molecule has 1 aliphatic rings. The maximum atomic E-state index is 10.2. The predicted octanol–water partition coefficient (Wildman–Crippen LogP) is 4.16. The van der Waals surface area contributed by atoms with Crippen LogP contribution in [0.1, 0.15) is 12.8 Å². The zero-order valence-corrected chi connectivity index (χ0v) is 19.1. The highest BCUT2D eigenvalue weighted by Crippen LogP contribution is 2.34. The van der Waals surface area contributed by atoms with Crippen LogP contribution in [0.3, 0.4) is 0 Å². The number of aromatic nitrogens is 8. The summed E-state index contributed by atoms with van der Waals surface area (Å²) in [4.78, 5) is 25.9. The van der Waals surface area contributed by atoms with Crippen molar-refractivity contribution in [2.75, 3.05) is 5.32 Å². The van der Waals surface area contributed by atoms with Crippen molar-refractivity contribution in [1.82, 2.24) is 40.1 Å². The monoisotopic (exact) mass is 475 g/mol. The third kappa shape index (κ3) is 3.64. The summed E-state index contributed by atoms with van der Waals surface area (Å²) in [6, 6.07) is 9.74. The van der Waals surface area contributed by atoms with Gasteiger partial charge in [0.15, 0.2) is 11.5 Å². The van der Waals surface area contributed by atoms with Gasteiger partial charge in [0.25, 0.3) is 0 Å². The predicted molar refractivity (Wildman–Crippen MR) is 136 cm³/mol. The van der Waals surface area contributed by atoms with E-state index in [9.17, 15) is 5.11 Å². The fourth-order valence-electron chi connectivity index (χ4n) is 4.37.